The van der Waals surface area contributed by atoms with E-state index in [0.29, 0.717) is 40.6 Å². The van der Waals surface area contributed by atoms with Crippen LogP contribution in [-0.2, 0) is 5.60 Å². The predicted molar refractivity (Wildman–Crippen MR) is 100 cm³/mol. The highest BCUT2D eigenvalue weighted by molar-refractivity contribution is 6.30. The number of hydrogen-bond acceptors (Lipinski definition) is 5. The number of allylic oxidation sites excluding steroid dienone is 1. The van der Waals surface area contributed by atoms with E-state index in [2.05, 4.69) is 21.5 Å². The molecule has 0 aliphatic carbocycles. The average Bonchev–Trinajstić information content (AvgIpc) is 2.69. The van der Waals surface area contributed by atoms with Crippen LogP contribution >= 0.6 is 11.6 Å². The fourth-order valence-electron chi connectivity index (χ4n) is 2.57. The number of ether oxygens (including phenoxy) is 1. The number of benzene rings is 1. The Bertz CT molecular complexity index is 854. The maximum absolute atomic E-state index is 11.3. The monoisotopic (exact) mass is 367 g/mol. The molecule has 0 fully saturated rings. The Kier molecular flexibility index (Phi) is 5.61. The Morgan fingerprint density at radius 2 is 1.73 bits per heavy atom. The first-order valence-electron chi connectivity index (χ1n) is 8.10. The van der Waals surface area contributed by atoms with E-state index in [0.717, 1.165) is 0 Å². The van der Waals surface area contributed by atoms with Crippen LogP contribution in [0.25, 0.3) is 0 Å². The molecule has 0 bridgehead atoms. The van der Waals surface area contributed by atoms with Crippen LogP contribution in [-0.4, -0.2) is 20.1 Å². The minimum Gasteiger partial charge on any atom is -0.456 e. The molecule has 5 nitrogen and oxygen atoms in total. The number of hydrogen-bond donors (Lipinski definition) is 1. The molecule has 0 spiro atoms. The van der Waals surface area contributed by atoms with Gasteiger partial charge in [-0.2, -0.15) is 0 Å². The fraction of sp³-hybridized carbons (Fsp3) is 0.150. The summed E-state index contributed by atoms with van der Waals surface area (Å²) in [6, 6.07) is 10.6. The Morgan fingerprint density at radius 3 is 2.35 bits per heavy atom. The molecule has 0 aliphatic heterocycles. The first-order chi connectivity index (χ1) is 12.6. The quantitative estimate of drug-likeness (QED) is 0.622. The van der Waals surface area contributed by atoms with Crippen molar-refractivity contribution in [2.45, 2.75) is 18.4 Å². The van der Waals surface area contributed by atoms with Crippen molar-refractivity contribution in [2.75, 3.05) is 0 Å². The van der Waals surface area contributed by atoms with Crippen molar-refractivity contribution < 1.29 is 9.84 Å². The van der Waals surface area contributed by atoms with E-state index in [-0.39, 0.29) is 0 Å². The molecule has 3 aromatic rings. The molecule has 2 heterocycles. The molecule has 2 aromatic heterocycles. The highest BCUT2D eigenvalue weighted by Crippen LogP contribution is 2.33. The second kappa shape index (κ2) is 8.08. The molecule has 0 radical (unpaired) electrons. The molecule has 6 heteroatoms. The molecular weight excluding hydrogens is 350 g/mol. The molecule has 0 amide bonds. The van der Waals surface area contributed by atoms with Gasteiger partial charge in [-0.05, 0) is 49.2 Å². The van der Waals surface area contributed by atoms with Crippen LogP contribution in [0.1, 0.15) is 24.1 Å². The smallest absolute Gasteiger partial charge is 0.145 e. The summed E-state index contributed by atoms with van der Waals surface area (Å²) in [6.45, 7) is 3.73. The molecule has 0 saturated heterocycles. The third kappa shape index (κ3) is 4.07. The molecule has 132 valence electrons. The Balaban J connectivity index is 1.86. The number of aromatic nitrogens is 3. The lowest BCUT2D eigenvalue weighted by Crippen LogP contribution is -2.28. The number of rotatable bonds is 7. The van der Waals surface area contributed by atoms with Gasteiger partial charge in [-0.15, -0.1) is 6.58 Å². The molecule has 26 heavy (non-hydrogen) atoms. The van der Waals surface area contributed by atoms with Gasteiger partial charge in [0, 0.05) is 23.0 Å². The van der Waals surface area contributed by atoms with Crippen LogP contribution in [0.4, 0.5) is 0 Å². The minimum atomic E-state index is -1.30. The third-order valence-corrected chi connectivity index (χ3v) is 4.21. The number of aliphatic hydroxyl groups is 1. The number of nitrogens with zero attached hydrogens (tertiary/aromatic N) is 3. The zero-order valence-corrected chi connectivity index (χ0v) is 14.8. The molecule has 1 atom stereocenters. The van der Waals surface area contributed by atoms with Crippen LogP contribution in [0, 0.1) is 0 Å². The van der Waals surface area contributed by atoms with Gasteiger partial charge in [0.25, 0.3) is 0 Å². The zero-order chi connectivity index (χ0) is 18.4. The summed E-state index contributed by atoms with van der Waals surface area (Å²) in [4.78, 5) is 12.4. The average molecular weight is 368 g/mol. The van der Waals surface area contributed by atoms with Crippen LogP contribution in [0.3, 0.4) is 0 Å². The normalized spacial score (nSPS) is 13.0. The first kappa shape index (κ1) is 18.0. The van der Waals surface area contributed by atoms with Gasteiger partial charge in [-0.25, -0.2) is 9.97 Å². The summed E-state index contributed by atoms with van der Waals surface area (Å²) in [5.41, 5.74) is -0.216. The predicted octanol–water partition coefficient (Wildman–Crippen LogP) is 4.52. The lowest BCUT2D eigenvalue weighted by Gasteiger charge is -2.27. The van der Waals surface area contributed by atoms with Gasteiger partial charge in [0.1, 0.15) is 23.4 Å². The topological polar surface area (TPSA) is 68.1 Å². The van der Waals surface area contributed by atoms with E-state index < -0.39 is 5.60 Å². The van der Waals surface area contributed by atoms with E-state index in [4.69, 9.17) is 16.3 Å². The van der Waals surface area contributed by atoms with Gasteiger partial charge in [0.05, 0.1) is 11.9 Å². The van der Waals surface area contributed by atoms with Gasteiger partial charge < -0.3 is 9.84 Å². The molecular formula is C20H18ClN3O2. The van der Waals surface area contributed by atoms with Crippen molar-refractivity contribution in [1.82, 2.24) is 15.0 Å². The summed E-state index contributed by atoms with van der Waals surface area (Å²) in [5, 5.41) is 11.9. The van der Waals surface area contributed by atoms with Crippen molar-refractivity contribution >= 4 is 11.6 Å². The standard InChI is InChI=1S/C20H18ClN3O2/c1-2-3-10-20(25,15-11-22-14-23-12-15)19-9-8-18(13-24-19)26-17-6-4-16(21)5-7-17/h2,4-9,11-14,25H,1,3,10H2. The molecule has 1 aromatic carbocycles. The van der Waals surface area contributed by atoms with Crippen LogP contribution in [0.5, 0.6) is 11.5 Å². The highest BCUT2D eigenvalue weighted by Gasteiger charge is 2.33. The lowest BCUT2D eigenvalue weighted by atomic mass is 9.87. The Morgan fingerprint density at radius 1 is 1.04 bits per heavy atom. The Hall–Kier alpha value is -2.76. The van der Waals surface area contributed by atoms with E-state index in [1.165, 1.54) is 6.33 Å². The summed E-state index contributed by atoms with van der Waals surface area (Å²) >= 11 is 5.87. The van der Waals surface area contributed by atoms with Crippen LogP contribution < -0.4 is 4.74 Å². The van der Waals surface area contributed by atoms with E-state index in [9.17, 15) is 5.11 Å². The largest absolute Gasteiger partial charge is 0.456 e. The SMILES string of the molecule is C=CCCC(O)(c1cncnc1)c1ccc(Oc2ccc(Cl)cc2)cn1. The van der Waals surface area contributed by atoms with Crippen LogP contribution in [0.15, 0.2) is 74.0 Å². The molecule has 3 rings (SSSR count). The summed E-state index contributed by atoms with van der Waals surface area (Å²) in [7, 11) is 0. The molecule has 0 aliphatic rings. The van der Waals surface area contributed by atoms with E-state index in [1.54, 1.807) is 61.1 Å². The third-order valence-electron chi connectivity index (χ3n) is 3.96. The first-order valence-corrected chi connectivity index (χ1v) is 8.48. The number of halogens is 1. The van der Waals surface area contributed by atoms with Gasteiger partial charge in [-0.1, -0.05) is 17.7 Å². The second-order valence-corrected chi connectivity index (χ2v) is 6.19. The summed E-state index contributed by atoms with van der Waals surface area (Å²) in [5.74, 6) is 1.22. The molecule has 1 N–H and O–H groups in total. The van der Waals surface area contributed by atoms with Gasteiger partial charge in [0.15, 0.2) is 0 Å². The van der Waals surface area contributed by atoms with E-state index >= 15 is 0 Å². The van der Waals surface area contributed by atoms with Gasteiger partial charge in [0.2, 0.25) is 0 Å². The van der Waals surface area contributed by atoms with Gasteiger partial charge >= 0.3 is 0 Å². The maximum atomic E-state index is 11.3. The van der Waals surface area contributed by atoms with Crippen molar-refractivity contribution in [2.24, 2.45) is 0 Å². The zero-order valence-electron chi connectivity index (χ0n) is 14.0. The van der Waals surface area contributed by atoms with E-state index in [1.807, 2.05) is 0 Å². The summed E-state index contributed by atoms with van der Waals surface area (Å²) in [6.07, 6.45) is 8.99. The van der Waals surface area contributed by atoms with Crippen molar-refractivity contribution in [3.8, 4) is 11.5 Å². The van der Waals surface area contributed by atoms with Crippen molar-refractivity contribution in [3.05, 3.63) is 90.3 Å². The molecule has 0 saturated carbocycles. The fourth-order valence-corrected chi connectivity index (χ4v) is 2.69. The summed E-state index contributed by atoms with van der Waals surface area (Å²) < 4.78 is 5.74. The van der Waals surface area contributed by atoms with Crippen LogP contribution in [0.2, 0.25) is 5.02 Å². The molecule has 1 unspecified atom stereocenters. The van der Waals surface area contributed by atoms with Crippen molar-refractivity contribution in [3.63, 3.8) is 0 Å². The van der Waals surface area contributed by atoms with Gasteiger partial charge in [-0.3, -0.25) is 4.98 Å². The lowest BCUT2D eigenvalue weighted by molar-refractivity contribution is 0.0667. The number of pyridine rings is 1. The maximum Gasteiger partial charge on any atom is 0.145 e. The highest BCUT2D eigenvalue weighted by atomic mass is 35.5. The Labute approximate surface area is 157 Å². The second-order valence-electron chi connectivity index (χ2n) is 5.75. The minimum absolute atomic E-state index is 0.425. The van der Waals surface area contributed by atoms with Crippen molar-refractivity contribution in [1.29, 1.82) is 0 Å².